The van der Waals surface area contributed by atoms with Crippen molar-refractivity contribution in [1.82, 2.24) is 8.61 Å². The summed E-state index contributed by atoms with van der Waals surface area (Å²) in [4.78, 5) is 0. The molecule has 0 bridgehead atoms. The zero-order chi connectivity index (χ0) is 6.15. The van der Waals surface area contributed by atoms with E-state index in [0.717, 1.165) is 0 Å². The Morgan fingerprint density at radius 3 is 2.25 bits per heavy atom. The summed E-state index contributed by atoms with van der Waals surface area (Å²) in [5.74, 6) is 0. The molecule has 1 rings (SSSR count). The van der Waals surface area contributed by atoms with Gasteiger partial charge in [0.2, 0.25) is 0 Å². The molecule has 1 aliphatic rings. The van der Waals surface area contributed by atoms with E-state index in [2.05, 4.69) is 29.6 Å². The van der Waals surface area contributed by atoms with Gasteiger partial charge in [-0.25, -0.2) is 8.61 Å². The van der Waals surface area contributed by atoms with Crippen LogP contribution < -0.4 is 0 Å². The van der Waals surface area contributed by atoms with Gasteiger partial charge in [0.15, 0.2) is 0 Å². The first kappa shape index (κ1) is 6.39. The van der Waals surface area contributed by atoms with Crippen molar-refractivity contribution in [2.24, 2.45) is 0 Å². The number of likely N-dealkylation sites (N-methyl/N-ethyl adjacent to an activating group) is 2. The fraction of sp³-hybridized carbons (Fsp3) is 1.00. The van der Waals surface area contributed by atoms with Crippen LogP contribution >= 0.6 is 12.1 Å². The van der Waals surface area contributed by atoms with E-state index < -0.39 is 0 Å². The number of rotatable bonds is 0. The van der Waals surface area contributed by atoms with Crippen molar-refractivity contribution in [3.8, 4) is 0 Å². The molecule has 0 aromatic rings. The molecular formula is C5H12N2S. The van der Waals surface area contributed by atoms with E-state index >= 15 is 0 Å². The van der Waals surface area contributed by atoms with Crippen LogP contribution in [0.3, 0.4) is 0 Å². The third kappa shape index (κ3) is 1.16. The molecule has 1 aliphatic heterocycles. The largest absolute Gasteiger partial charge is 0.239 e. The van der Waals surface area contributed by atoms with Gasteiger partial charge < -0.3 is 0 Å². The lowest BCUT2D eigenvalue weighted by Gasteiger charge is -2.08. The first-order chi connectivity index (χ1) is 3.70. The Kier molecular flexibility index (Phi) is 1.80. The van der Waals surface area contributed by atoms with E-state index in [1.54, 1.807) is 12.1 Å². The normalized spacial score (nSPS) is 34.1. The Labute approximate surface area is 55.1 Å². The monoisotopic (exact) mass is 132 g/mol. The topological polar surface area (TPSA) is 6.48 Å². The Bertz CT molecular complexity index is 76.5. The van der Waals surface area contributed by atoms with Crippen molar-refractivity contribution < 1.29 is 0 Å². The van der Waals surface area contributed by atoms with Crippen molar-refractivity contribution in [3.05, 3.63) is 0 Å². The molecule has 0 saturated carbocycles. The predicted molar refractivity (Wildman–Crippen MR) is 37.4 cm³/mol. The number of hydrogen-bond donors (Lipinski definition) is 0. The molecule has 1 unspecified atom stereocenters. The summed E-state index contributed by atoms with van der Waals surface area (Å²) in [6, 6.07) is 0.713. The summed E-state index contributed by atoms with van der Waals surface area (Å²) >= 11 is 1.80. The van der Waals surface area contributed by atoms with Gasteiger partial charge in [-0.2, -0.15) is 0 Å². The molecular weight excluding hydrogens is 120 g/mol. The van der Waals surface area contributed by atoms with E-state index in [1.165, 1.54) is 6.54 Å². The SMILES string of the molecule is CC1CN(C)SN1C. The summed E-state index contributed by atoms with van der Waals surface area (Å²) in [6.45, 7) is 3.41. The van der Waals surface area contributed by atoms with E-state index in [1.807, 2.05) is 0 Å². The van der Waals surface area contributed by atoms with E-state index in [4.69, 9.17) is 0 Å². The van der Waals surface area contributed by atoms with Crippen molar-refractivity contribution in [1.29, 1.82) is 0 Å². The molecule has 1 fully saturated rings. The minimum absolute atomic E-state index is 0.713. The van der Waals surface area contributed by atoms with Gasteiger partial charge in [-0.1, -0.05) is 0 Å². The fourth-order valence-electron chi connectivity index (χ4n) is 0.821. The van der Waals surface area contributed by atoms with Gasteiger partial charge >= 0.3 is 0 Å². The summed E-state index contributed by atoms with van der Waals surface area (Å²) in [7, 11) is 4.24. The van der Waals surface area contributed by atoms with E-state index in [-0.39, 0.29) is 0 Å². The van der Waals surface area contributed by atoms with Crippen molar-refractivity contribution in [3.63, 3.8) is 0 Å². The summed E-state index contributed by atoms with van der Waals surface area (Å²) in [6.07, 6.45) is 0. The van der Waals surface area contributed by atoms with Crippen LogP contribution in [-0.4, -0.2) is 35.3 Å². The molecule has 48 valence electrons. The molecule has 1 atom stereocenters. The van der Waals surface area contributed by atoms with Crippen molar-refractivity contribution in [2.75, 3.05) is 20.6 Å². The number of hydrogen-bond acceptors (Lipinski definition) is 3. The van der Waals surface area contributed by atoms with Crippen LogP contribution in [0.2, 0.25) is 0 Å². The zero-order valence-electron chi connectivity index (χ0n) is 5.59. The molecule has 0 amide bonds. The molecule has 8 heavy (non-hydrogen) atoms. The van der Waals surface area contributed by atoms with Gasteiger partial charge in [0.25, 0.3) is 0 Å². The third-order valence-electron chi connectivity index (χ3n) is 1.41. The molecule has 1 saturated heterocycles. The molecule has 0 N–H and O–H groups in total. The second-order valence-electron chi connectivity index (χ2n) is 2.29. The highest BCUT2D eigenvalue weighted by molar-refractivity contribution is 7.94. The lowest BCUT2D eigenvalue weighted by atomic mass is 10.3. The predicted octanol–water partition coefficient (Wildman–Crippen LogP) is 0.815. The van der Waals surface area contributed by atoms with Crippen molar-refractivity contribution in [2.45, 2.75) is 13.0 Å². The van der Waals surface area contributed by atoms with Gasteiger partial charge in [-0.15, -0.1) is 0 Å². The first-order valence-corrected chi connectivity index (χ1v) is 3.55. The first-order valence-electron chi connectivity index (χ1n) is 2.82. The van der Waals surface area contributed by atoms with E-state index in [0.29, 0.717) is 6.04 Å². The van der Waals surface area contributed by atoms with Gasteiger partial charge in [-0.05, 0) is 21.0 Å². The Morgan fingerprint density at radius 1 is 1.50 bits per heavy atom. The van der Waals surface area contributed by atoms with Gasteiger partial charge in [0, 0.05) is 24.7 Å². The van der Waals surface area contributed by atoms with Crippen LogP contribution in [0.1, 0.15) is 6.92 Å². The second-order valence-corrected chi connectivity index (χ2v) is 3.65. The average molecular weight is 132 g/mol. The molecule has 0 aromatic carbocycles. The molecule has 0 aromatic heterocycles. The molecule has 3 heteroatoms. The summed E-state index contributed by atoms with van der Waals surface area (Å²) in [5.41, 5.74) is 0. The highest BCUT2D eigenvalue weighted by Crippen LogP contribution is 2.23. The Balaban J connectivity index is 2.39. The molecule has 2 nitrogen and oxygen atoms in total. The van der Waals surface area contributed by atoms with E-state index in [9.17, 15) is 0 Å². The van der Waals surface area contributed by atoms with Crippen LogP contribution in [0.25, 0.3) is 0 Å². The summed E-state index contributed by atoms with van der Waals surface area (Å²) < 4.78 is 4.50. The van der Waals surface area contributed by atoms with Crippen LogP contribution in [0, 0.1) is 0 Å². The maximum atomic E-state index is 2.26. The Hall–Kier alpha value is 0.270. The molecule has 0 spiro atoms. The molecule has 1 heterocycles. The second kappa shape index (κ2) is 2.25. The van der Waals surface area contributed by atoms with Gasteiger partial charge in [-0.3, -0.25) is 0 Å². The highest BCUT2D eigenvalue weighted by atomic mass is 32.2. The quantitative estimate of drug-likeness (QED) is 0.450. The molecule has 0 radical (unpaired) electrons. The third-order valence-corrected chi connectivity index (χ3v) is 2.46. The smallest absolute Gasteiger partial charge is 0.0320 e. The minimum Gasteiger partial charge on any atom is -0.239 e. The zero-order valence-corrected chi connectivity index (χ0v) is 6.40. The maximum Gasteiger partial charge on any atom is 0.0320 e. The lowest BCUT2D eigenvalue weighted by molar-refractivity contribution is 0.435. The standard InChI is InChI=1S/C5H12N2S/c1-5-4-6(2)8-7(5)3/h5H,4H2,1-3H3. The van der Waals surface area contributed by atoms with Crippen LogP contribution in [0.5, 0.6) is 0 Å². The molecule has 0 aliphatic carbocycles. The van der Waals surface area contributed by atoms with Gasteiger partial charge in [0.05, 0.1) is 0 Å². The number of nitrogens with zero attached hydrogens (tertiary/aromatic N) is 2. The summed E-state index contributed by atoms with van der Waals surface area (Å²) in [5, 5.41) is 0. The van der Waals surface area contributed by atoms with Gasteiger partial charge in [0.1, 0.15) is 0 Å². The van der Waals surface area contributed by atoms with Crippen LogP contribution in [0.15, 0.2) is 0 Å². The minimum atomic E-state index is 0.713. The fourth-order valence-corrected chi connectivity index (χ4v) is 1.77. The lowest BCUT2D eigenvalue weighted by Crippen LogP contribution is -2.19. The van der Waals surface area contributed by atoms with Crippen molar-refractivity contribution >= 4 is 12.1 Å². The Morgan fingerprint density at radius 2 is 2.12 bits per heavy atom. The highest BCUT2D eigenvalue weighted by Gasteiger charge is 2.21. The van der Waals surface area contributed by atoms with Crippen LogP contribution in [-0.2, 0) is 0 Å². The maximum absolute atomic E-state index is 2.26. The van der Waals surface area contributed by atoms with Crippen LogP contribution in [0.4, 0.5) is 0 Å². The average Bonchev–Trinajstić information content (AvgIpc) is 1.85.